The number of hydrogen-bond donors (Lipinski definition) is 0. The molecule has 0 unspecified atom stereocenters. The molecule has 0 saturated heterocycles. The lowest BCUT2D eigenvalue weighted by Crippen LogP contribution is -2.32. The topological polar surface area (TPSA) is 61.2 Å². The van der Waals surface area contributed by atoms with Crippen molar-refractivity contribution in [3.63, 3.8) is 0 Å². The Morgan fingerprint density at radius 1 is 1.26 bits per heavy atom. The number of rotatable bonds is 6. The van der Waals surface area contributed by atoms with Crippen LogP contribution in [0.15, 0.2) is 23.1 Å². The number of nitriles is 1. The summed E-state index contributed by atoms with van der Waals surface area (Å²) >= 11 is 5.97. The number of benzene rings is 1. The average Bonchev–Trinajstić information content (AvgIpc) is 2.39. The van der Waals surface area contributed by atoms with Crippen molar-refractivity contribution in [1.82, 2.24) is 4.31 Å². The second kappa shape index (κ2) is 6.90. The lowest BCUT2D eigenvalue weighted by Gasteiger charge is -2.21. The highest BCUT2D eigenvalue weighted by molar-refractivity contribution is 7.89. The molecule has 0 radical (unpaired) electrons. The van der Waals surface area contributed by atoms with Gasteiger partial charge in [-0.1, -0.05) is 25.4 Å². The third-order valence-electron chi connectivity index (χ3n) is 2.62. The van der Waals surface area contributed by atoms with E-state index in [1.807, 2.05) is 19.9 Å². The summed E-state index contributed by atoms with van der Waals surface area (Å²) < 4.78 is 26.5. The summed E-state index contributed by atoms with van der Waals surface area (Å²) in [7, 11) is -3.64. The van der Waals surface area contributed by atoms with Crippen LogP contribution in [0, 0.1) is 11.3 Å². The van der Waals surface area contributed by atoms with Crippen molar-refractivity contribution in [2.24, 2.45) is 0 Å². The van der Waals surface area contributed by atoms with E-state index in [1.165, 1.54) is 22.5 Å². The summed E-state index contributed by atoms with van der Waals surface area (Å²) in [5.74, 6) is 0. The van der Waals surface area contributed by atoms with E-state index in [1.54, 1.807) is 0 Å². The Kier molecular flexibility index (Phi) is 5.80. The first kappa shape index (κ1) is 16.0. The quantitative estimate of drug-likeness (QED) is 0.811. The predicted octanol–water partition coefficient (Wildman–Crippen LogP) is 3.02. The Morgan fingerprint density at radius 3 is 2.32 bits per heavy atom. The highest BCUT2D eigenvalue weighted by atomic mass is 35.5. The summed E-state index contributed by atoms with van der Waals surface area (Å²) in [5.41, 5.74) is 0.288. The molecular weight excluding hydrogens is 284 g/mol. The van der Waals surface area contributed by atoms with Crippen LogP contribution in [0.2, 0.25) is 5.02 Å². The van der Waals surface area contributed by atoms with Gasteiger partial charge in [0.25, 0.3) is 0 Å². The molecule has 0 saturated carbocycles. The molecule has 0 aliphatic carbocycles. The Bertz CT molecular complexity index is 573. The fraction of sp³-hybridized carbons (Fsp3) is 0.462. The SMILES string of the molecule is CCCN(CCC)S(=O)(=O)c1cc(C#N)ccc1Cl. The van der Waals surface area contributed by atoms with Crippen LogP contribution in [0.5, 0.6) is 0 Å². The normalized spacial score (nSPS) is 11.5. The van der Waals surface area contributed by atoms with Gasteiger partial charge in [-0.3, -0.25) is 0 Å². The molecule has 104 valence electrons. The first-order valence-corrected chi connectivity index (χ1v) is 7.99. The fourth-order valence-corrected chi connectivity index (χ4v) is 3.89. The van der Waals surface area contributed by atoms with Gasteiger partial charge in [-0.05, 0) is 31.0 Å². The van der Waals surface area contributed by atoms with E-state index in [0.717, 1.165) is 12.8 Å². The molecule has 1 aromatic rings. The molecule has 6 heteroatoms. The molecule has 0 aliphatic heterocycles. The molecule has 0 spiro atoms. The Hall–Kier alpha value is -1.09. The predicted molar refractivity (Wildman–Crippen MR) is 75.5 cm³/mol. The van der Waals surface area contributed by atoms with Crippen molar-refractivity contribution in [3.05, 3.63) is 28.8 Å². The number of nitrogens with zero attached hydrogens (tertiary/aromatic N) is 2. The highest BCUT2D eigenvalue weighted by Gasteiger charge is 2.25. The third kappa shape index (κ3) is 3.69. The fourth-order valence-electron chi connectivity index (χ4n) is 1.76. The maximum absolute atomic E-state index is 12.5. The van der Waals surface area contributed by atoms with Gasteiger partial charge in [0.2, 0.25) is 10.0 Å². The minimum Gasteiger partial charge on any atom is -0.207 e. The molecule has 0 amide bonds. The van der Waals surface area contributed by atoms with Gasteiger partial charge in [-0.25, -0.2) is 8.42 Å². The second-order valence-electron chi connectivity index (χ2n) is 4.16. The van der Waals surface area contributed by atoms with Crippen molar-refractivity contribution in [3.8, 4) is 6.07 Å². The van der Waals surface area contributed by atoms with Gasteiger partial charge in [-0.2, -0.15) is 9.57 Å². The van der Waals surface area contributed by atoms with E-state index in [4.69, 9.17) is 16.9 Å². The van der Waals surface area contributed by atoms with Crippen LogP contribution in [-0.2, 0) is 10.0 Å². The monoisotopic (exact) mass is 300 g/mol. The maximum Gasteiger partial charge on any atom is 0.244 e. The molecule has 0 bridgehead atoms. The molecule has 0 N–H and O–H groups in total. The van der Waals surface area contributed by atoms with Gasteiger partial charge in [0.05, 0.1) is 16.7 Å². The molecule has 0 fully saturated rings. The van der Waals surface area contributed by atoms with Crippen molar-refractivity contribution < 1.29 is 8.42 Å². The third-order valence-corrected chi connectivity index (χ3v) is 5.00. The lowest BCUT2D eigenvalue weighted by molar-refractivity contribution is 0.410. The molecule has 19 heavy (non-hydrogen) atoms. The van der Waals surface area contributed by atoms with Gasteiger partial charge in [0.1, 0.15) is 4.90 Å². The summed E-state index contributed by atoms with van der Waals surface area (Å²) in [5, 5.41) is 9.01. The molecule has 0 atom stereocenters. The van der Waals surface area contributed by atoms with Crippen LogP contribution < -0.4 is 0 Å². The summed E-state index contributed by atoms with van der Waals surface area (Å²) in [4.78, 5) is 0.00937. The zero-order valence-electron chi connectivity index (χ0n) is 11.1. The molecule has 4 nitrogen and oxygen atoms in total. The zero-order valence-corrected chi connectivity index (χ0v) is 12.6. The van der Waals surface area contributed by atoms with E-state index in [0.29, 0.717) is 13.1 Å². The summed E-state index contributed by atoms with van der Waals surface area (Å²) in [6.07, 6.45) is 1.46. The van der Waals surface area contributed by atoms with Crippen LogP contribution >= 0.6 is 11.6 Å². The molecule has 1 aromatic carbocycles. The smallest absolute Gasteiger partial charge is 0.207 e. The van der Waals surface area contributed by atoms with Crippen LogP contribution in [0.25, 0.3) is 0 Å². The van der Waals surface area contributed by atoms with Crippen LogP contribution in [0.1, 0.15) is 32.3 Å². The van der Waals surface area contributed by atoms with E-state index in [9.17, 15) is 8.42 Å². The van der Waals surface area contributed by atoms with Crippen LogP contribution in [0.4, 0.5) is 0 Å². The largest absolute Gasteiger partial charge is 0.244 e. The van der Waals surface area contributed by atoms with Crippen LogP contribution in [-0.4, -0.2) is 25.8 Å². The van der Waals surface area contributed by atoms with Crippen molar-refractivity contribution in [2.75, 3.05) is 13.1 Å². The Morgan fingerprint density at radius 2 is 1.84 bits per heavy atom. The minimum atomic E-state index is -3.64. The molecule has 0 aromatic heterocycles. The van der Waals surface area contributed by atoms with Gasteiger partial charge >= 0.3 is 0 Å². The van der Waals surface area contributed by atoms with Crippen molar-refractivity contribution >= 4 is 21.6 Å². The summed E-state index contributed by atoms with van der Waals surface area (Å²) in [6, 6.07) is 6.21. The van der Waals surface area contributed by atoms with E-state index in [-0.39, 0.29) is 15.5 Å². The van der Waals surface area contributed by atoms with E-state index in [2.05, 4.69) is 0 Å². The highest BCUT2D eigenvalue weighted by Crippen LogP contribution is 2.26. The van der Waals surface area contributed by atoms with Crippen molar-refractivity contribution in [1.29, 1.82) is 5.26 Å². The first-order valence-electron chi connectivity index (χ1n) is 6.17. The lowest BCUT2D eigenvalue weighted by atomic mass is 10.2. The van der Waals surface area contributed by atoms with E-state index < -0.39 is 10.0 Å². The molecule has 0 aliphatic rings. The molecule has 1 rings (SSSR count). The minimum absolute atomic E-state index is 0.00937. The van der Waals surface area contributed by atoms with Crippen molar-refractivity contribution in [2.45, 2.75) is 31.6 Å². The van der Waals surface area contributed by atoms with Gasteiger partial charge in [0.15, 0.2) is 0 Å². The first-order chi connectivity index (χ1) is 8.97. The standard InChI is InChI=1S/C13H17ClN2O2S/c1-3-7-16(8-4-2)19(17,18)13-9-11(10-15)5-6-12(13)14/h5-6,9H,3-4,7-8H2,1-2H3. The number of hydrogen-bond acceptors (Lipinski definition) is 3. The Labute approximate surface area is 119 Å². The second-order valence-corrected chi connectivity index (χ2v) is 6.47. The average molecular weight is 301 g/mol. The van der Waals surface area contributed by atoms with Gasteiger partial charge in [-0.15, -0.1) is 0 Å². The zero-order chi connectivity index (χ0) is 14.5. The van der Waals surface area contributed by atoms with E-state index >= 15 is 0 Å². The van der Waals surface area contributed by atoms with Gasteiger partial charge in [0, 0.05) is 13.1 Å². The van der Waals surface area contributed by atoms with Crippen LogP contribution in [0.3, 0.4) is 0 Å². The molecular formula is C13H17ClN2O2S. The number of halogens is 1. The van der Waals surface area contributed by atoms with Gasteiger partial charge < -0.3 is 0 Å². The summed E-state index contributed by atoms with van der Waals surface area (Å²) in [6.45, 7) is 4.74. The molecule has 0 heterocycles. The Balaban J connectivity index is 3.28. The number of sulfonamides is 1. The maximum atomic E-state index is 12.5.